The highest BCUT2D eigenvalue weighted by atomic mass is 19.4. The van der Waals surface area contributed by atoms with Crippen LogP contribution in [0.15, 0.2) is 48.9 Å². The molecule has 3 rings (SSSR count). The number of alkyl halides is 5. The molecule has 0 aliphatic heterocycles. The zero-order valence-electron chi connectivity index (χ0n) is 14.5. The van der Waals surface area contributed by atoms with E-state index in [2.05, 4.69) is 25.1 Å². The van der Waals surface area contributed by atoms with Gasteiger partial charge in [0, 0.05) is 11.8 Å². The first-order valence-corrected chi connectivity index (χ1v) is 8.19. The fourth-order valence-corrected chi connectivity index (χ4v) is 2.39. The predicted octanol–water partition coefficient (Wildman–Crippen LogP) is 3.22. The van der Waals surface area contributed by atoms with E-state index in [9.17, 15) is 27.1 Å². The highest BCUT2D eigenvalue weighted by molar-refractivity contribution is 5.63. The van der Waals surface area contributed by atoms with Crippen molar-refractivity contribution in [3.8, 4) is 16.9 Å². The molecule has 3 aromatic rings. The van der Waals surface area contributed by atoms with Crippen molar-refractivity contribution in [1.29, 1.82) is 0 Å². The Labute approximate surface area is 160 Å². The Morgan fingerprint density at radius 1 is 1.03 bits per heavy atom. The SMILES string of the molecule is OC(C(F)c1ccc(-c2ccc(OCC(F)(F)F)cc2)cn1)C(F)n1ncnn1. The number of aliphatic hydroxyl groups excluding tert-OH is 1. The Bertz CT molecular complexity index is 903. The van der Waals surface area contributed by atoms with E-state index in [1.54, 1.807) is 0 Å². The van der Waals surface area contributed by atoms with Crippen LogP contribution in [-0.2, 0) is 0 Å². The largest absolute Gasteiger partial charge is 0.484 e. The van der Waals surface area contributed by atoms with Crippen molar-refractivity contribution in [3.05, 3.63) is 54.6 Å². The van der Waals surface area contributed by atoms with Gasteiger partial charge in [0.2, 0.25) is 6.30 Å². The topological polar surface area (TPSA) is 86.0 Å². The molecule has 1 N–H and O–H groups in total. The lowest BCUT2D eigenvalue weighted by Crippen LogP contribution is -2.27. The number of tetrazole rings is 1. The highest BCUT2D eigenvalue weighted by Gasteiger charge is 2.32. The van der Waals surface area contributed by atoms with Gasteiger partial charge in [0.05, 0.1) is 5.69 Å². The van der Waals surface area contributed by atoms with Gasteiger partial charge in [0.25, 0.3) is 0 Å². The lowest BCUT2D eigenvalue weighted by molar-refractivity contribution is -0.153. The van der Waals surface area contributed by atoms with E-state index < -0.39 is 31.4 Å². The van der Waals surface area contributed by atoms with Crippen molar-refractivity contribution in [2.45, 2.75) is 24.7 Å². The molecule has 0 bridgehead atoms. The molecule has 29 heavy (non-hydrogen) atoms. The summed E-state index contributed by atoms with van der Waals surface area (Å²) in [5.74, 6) is 0.0401. The number of aliphatic hydroxyl groups is 1. The number of pyridine rings is 1. The smallest absolute Gasteiger partial charge is 0.422 e. The van der Waals surface area contributed by atoms with Gasteiger partial charge in [-0.05, 0) is 29.0 Å². The molecule has 0 radical (unpaired) electrons. The van der Waals surface area contributed by atoms with Crippen molar-refractivity contribution in [1.82, 2.24) is 25.2 Å². The Hall–Kier alpha value is -3.15. The van der Waals surface area contributed by atoms with Crippen molar-refractivity contribution in [3.63, 3.8) is 0 Å². The molecule has 3 unspecified atom stereocenters. The molecule has 0 aliphatic rings. The molecule has 1 aromatic carbocycles. The first-order chi connectivity index (χ1) is 13.7. The second-order valence-corrected chi connectivity index (χ2v) is 5.92. The lowest BCUT2D eigenvalue weighted by Gasteiger charge is -2.18. The monoisotopic (exact) mass is 415 g/mol. The minimum absolute atomic E-state index is 0.0401. The van der Waals surface area contributed by atoms with Crippen LogP contribution in [0.25, 0.3) is 11.1 Å². The molecule has 2 aromatic heterocycles. The van der Waals surface area contributed by atoms with Crippen LogP contribution < -0.4 is 4.74 Å². The third-order valence-corrected chi connectivity index (χ3v) is 3.83. The number of hydrogen-bond donors (Lipinski definition) is 1. The van der Waals surface area contributed by atoms with E-state index >= 15 is 0 Å². The second kappa shape index (κ2) is 8.47. The molecular weight excluding hydrogens is 401 g/mol. The van der Waals surface area contributed by atoms with Gasteiger partial charge in [-0.1, -0.05) is 18.2 Å². The van der Waals surface area contributed by atoms with E-state index in [1.165, 1.54) is 42.6 Å². The van der Waals surface area contributed by atoms with Crippen molar-refractivity contribution in [2.24, 2.45) is 0 Å². The maximum Gasteiger partial charge on any atom is 0.422 e. The second-order valence-electron chi connectivity index (χ2n) is 5.92. The van der Waals surface area contributed by atoms with Crippen LogP contribution in [0.2, 0.25) is 0 Å². The average molecular weight is 415 g/mol. The fraction of sp³-hybridized carbons (Fsp3) is 0.294. The number of halogens is 5. The Morgan fingerprint density at radius 2 is 1.72 bits per heavy atom. The molecule has 0 spiro atoms. The number of hydrogen-bond acceptors (Lipinski definition) is 6. The third-order valence-electron chi connectivity index (χ3n) is 3.83. The van der Waals surface area contributed by atoms with Crippen LogP contribution in [0, 0.1) is 0 Å². The molecule has 7 nitrogen and oxygen atoms in total. The molecule has 0 saturated heterocycles. The van der Waals surface area contributed by atoms with Gasteiger partial charge in [0.1, 0.15) is 11.9 Å². The van der Waals surface area contributed by atoms with Gasteiger partial charge in [-0.15, -0.1) is 15.0 Å². The summed E-state index contributed by atoms with van der Waals surface area (Å²) in [7, 11) is 0. The van der Waals surface area contributed by atoms with Crippen LogP contribution >= 0.6 is 0 Å². The summed E-state index contributed by atoms with van der Waals surface area (Å²) in [4.78, 5) is 4.32. The van der Waals surface area contributed by atoms with Crippen molar-refractivity contribution >= 4 is 0 Å². The molecule has 0 fully saturated rings. The van der Waals surface area contributed by atoms with E-state index in [-0.39, 0.29) is 11.4 Å². The van der Waals surface area contributed by atoms with E-state index in [1.807, 2.05) is 0 Å². The zero-order chi connectivity index (χ0) is 21.0. The van der Waals surface area contributed by atoms with Crippen LogP contribution in [0.1, 0.15) is 18.2 Å². The number of aromatic nitrogens is 5. The highest BCUT2D eigenvalue weighted by Crippen LogP contribution is 2.29. The summed E-state index contributed by atoms with van der Waals surface area (Å²) in [6.07, 6.45) is -8.71. The molecule has 0 aliphatic carbocycles. The fourth-order valence-electron chi connectivity index (χ4n) is 2.39. The van der Waals surface area contributed by atoms with Gasteiger partial charge in [-0.2, -0.15) is 13.2 Å². The van der Waals surface area contributed by atoms with Gasteiger partial charge >= 0.3 is 6.18 Å². The van der Waals surface area contributed by atoms with Crippen molar-refractivity contribution in [2.75, 3.05) is 6.61 Å². The summed E-state index contributed by atoms with van der Waals surface area (Å²) in [6.45, 7) is -1.40. The minimum atomic E-state index is -4.44. The summed E-state index contributed by atoms with van der Waals surface area (Å²) < 4.78 is 69.5. The summed E-state index contributed by atoms with van der Waals surface area (Å²) in [5.41, 5.74) is 0.913. The van der Waals surface area contributed by atoms with Gasteiger partial charge in [-0.25, -0.2) is 8.78 Å². The Morgan fingerprint density at radius 3 is 2.28 bits per heavy atom. The number of rotatable bonds is 7. The van der Waals surface area contributed by atoms with Crippen LogP contribution in [0.3, 0.4) is 0 Å². The van der Waals surface area contributed by atoms with Crippen LogP contribution in [-0.4, -0.2) is 49.2 Å². The molecule has 3 atom stereocenters. The lowest BCUT2D eigenvalue weighted by atomic mass is 10.1. The number of nitrogens with zero attached hydrogens (tertiary/aromatic N) is 5. The third kappa shape index (κ3) is 5.22. The molecular formula is C17H14F5N5O2. The van der Waals surface area contributed by atoms with Gasteiger partial charge in [-0.3, -0.25) is 4.98 Å². The Balaban J connectivity index is 1.66. The van der Waals surface area contributed by atoms with E-state index in [0.717, 1.165) is 6.33 Å². The van der Waals surface area contributed by atoms with Crippen LogP contribution in [0.4, 0.5) is 22.0 Å². The molecule has 0 saturated carbocycles. The van der Waals surface area contributed by atoms with Crippen LogP contribution in [0.5, 0.6) is 5.75 Å². The number of ether oxygens (including phenoxy) is 1. The number of benzene rings is 1. The maximum atomic E-state index is 14.4. The molecule has 12 heteroatoms. The van der Waals surface area contributed by atoms with Gasteiger partial charge < -0.3 is 9.84 Å². The molecule has 0 amide bonds. The van der Waals surface area contributed by atoms with Crippen molar-refractivity contribution < 1.29 is 31.8 Å². The minimum Gasteiger partial charge on any atom is -0.484 e. The average Bonchev–Trinajstić information content (AvgIpc) is 3.25. The quantitative estimate of drug-likeness (QED) is 0.597. The van der Waals surface area contributed by atoms with E-state index in [0.29, 0.717) is 15.9 Å². The summed E-state index contributed by atoms with van der Waals surface area (Å²) in [6, 6.07) is 8.48. The normalized spacial score (nSPS) is 15.0. The van der Waals surface area contributed by atoms with E-state index in [4.69, 9.17) is 0 Å². The molecule has 154 valence electrons. The standard InChI is InChI=1S/C17H14F5N5O2/c18-14(15(28)16(19)27-25-9-24-26-27)13-6-3-11(7-23-13)10-1-4-12(5-2-10)29-8-17(20,21)22/h1-7,9,14-16,28H,8H2. The zero-order valence-corrected chi connectivity index (χ0v) is 14.5. The van der Waals surface area contributed by atoms with Gasteiger partial charge in [0.15, 0.2) is 19.1 Å². The predicted molar refractivity (Wildman–Crippen MR) is 89.0 cm³/mol. The first-order valence-electron chi connectivity index (χ1n) is 8.19. The Kier molecular flexibility index (Phi) is 6.01. The first kappa shape index (κ1) is 20.6. The summed E-state index contributed by atoms with van der Waals surface area (Å²) in [5, 5.41) is 19.8. The molecule has 2 heterocycles. The maximum absolute atomic E-state index is 14.4. The summed E-state index contributed by atoms with van der Waals surface area (Å²) >= 11 is 0.